The molecule has 0 saturated carbocycles. The number of aromatic nitrogens is 1. The molecule has 0 amide bonds. The predicted molar refractivity (Wildman–Crippen MR) is 90.2 cm³/mol. The molecule has 1 unspecified atom stereocenters. The quantitative estimate of drug-likeness (QED) is 0.810. The van der Waals surface area contributed by atoms with Gasteiger partial charge in [0.05, 0.1) is 5.56 Å². The smallest absolute Gasteiger partial charge is 0.321 e. The molecule has 0 saturated heterocycles. The molecule has 0 spiro atoms. The second-order valence-corrected chi connectivity index (χ2v) is 6.71. The maximum absolute atomic E-state index is 11.6. The molecule has 5 heteroatoms. The number of thioether (sulfide) groups is 1. The third kappa shape index (κ3) is 4.57. The number of hydrogen-bond donors (Lipinski definition) is 1. The molecule has 0 bridgehead atoms. The van der Waals surface area contributed by atoms with Crippen LogP contribution in [0.4, 0.5) is 0 Å². The first-order valence-corrected chi connectivity index (χ1v) is 8.23. The summed E-state index contributed by atoms with van der Waals surface area (Å²) >= 11 is 1.11. The number of aliphatic carboxylic acids is 1. The van der Waals surface area contributed by atoms with Crippen molar-refractivity contribution in [1.82, 2.24) is 4.98 Å². The molecule has 0 aliphatic carbocycles. The average Bonchev–Trinajstić information content (AvgIpc) is 2.52. The fourth-order valence-corrected chi connectivity index (χ4v) is 3.21. The molecule has 1 N–H and O–H groups in total. The number of benzene rings is 1. The van der Waals surface area contributed by atoms with Crippen LogP contribution in [0.5, 0.6) is 0 Å². The van der Waals surface area contributed by atoms with Crippen LogP contribution in [-0.4, -0.2) is 16.1 Å². The fourth-order valence-electron chi connectivity index (χ4n) is 2.19. The summed E-state index contributed by atoms with van der Waals surface area (Å²) in [6, 6.07) is 14.6. The highest BCUT2D eigenvalue weighted by Crippen LogP contribution is 2.36. The first kappa shape index (κ1) is 17.0. The lowest BCUT2D eigenvalue weighted by molar-refractivity contribution is -0.136. The van der Waals surface area contributed by atoms with Crippen molar-refractivity contribution in [3.05, 3.63) is 59.3 Å². The highest BCUT2D eigenvalue weighted by atomic mass is 32.2. The third-order valence-corrected chi connectivity index (χ3v) is 4.46. The summed E-state index contributed by atoms with van der Waals surface area (Å²) in [6.07, 6.45) is 0.794. The van der Waals surface area contributed by atoms with Crippen molar-refractivity contribution in [2.75, 3.05) is 0 Å². The molecule has 0 aliphatic heterocycles. The third-order valence-electron chi connectivity index (χ3n) is 3.21. The van der Waals surface area contributed by atoms with Crippen molar-refractivity contribution in [1.29, 1.82) is 5.26 Å². The van der Waals surface area contributed by atoms with E-state index in [4.69, 9.17) is 0 Å². The second kappa shape index (κ2) is 7.80. The summed E-state index contributed by atoms with van der Waals surface area (Å²) in [4.78, 5) is 16.1. The van der Waals surface area contributed by atoms with Gasteiger partial charge < -0.3 is 5.11 Å². The highest BCUT2D eigenvalue weighted by Gasteiger charge is 2.23. The average molecular weight is 326 g/mol. The maximum atomic E-state index is 11.6. The van der Waals surface area contributed by atoms with Crippen LogP contribution in [0.2, 0.25) is 0 Å². The summed E-state index contributed by atoms with van der Waals surface area (Å²) in [6.45, 7) is 4.19. The van der Waals surface area contributed by atoms with Crippen molar-refractivity contribution in [2.45, 2.75) is 30.5 Å². The van der Waals surface area contributed by atoms with Gasteiger partial charge in [-0.15, -0.1) is 0 Å². The van der Waals surface area contributed by atoms with E-state index in [1.165, 1.54) is 0 Å². The topological polar surface area (TPSA) is 74.0 Å². The molecule has 2 aromatic rings. The molecular weight excluding hydrogens is 308 g/mol. The number of hydrogen-bond acceptors (Lipinski definition) is 4. The van der Waals surface area contributed by atoms with Crippen LogP contribution in [0.3, 0.4) is 0 Å². The number of carboxylic acid groups (broad SMARTS) is 1. The Morgan fingerprint density at radius 1 is 1.26 bits per heavy atom. The SMILES string of the molecule is CC(C)Cc1ccc(C#N)c(SC(C(=O)O)c2ccccc2)n1. The number of nitriles is 1. The van der Waals surface area contributed by atoms with E-state index in [2.05, 4.69) is 24.9 Å². The largest absolute Gasteiger partial charge is 0.480 e. The monoisotopic (exact) mass is 326 g/mol. The zero-order valence-electron chi connectivity index (χ0n) is 13.1. The Hall–Kier alpha value is -2.32. The van der Waals surface area contributed by atoms with Gasteiger partial charge in [-0.1, -0.05) is 55.9 Å². The van der Waals surface area contributed by atoms with Crippen LogP contribution in [0.1, 0.15) is 35.9 Å². The van der Waals surface area contributed by atoms with E-state index in [1.54, 1.807) is 30.3 Å². The molecular formula is C18H18N2O2S. The van der Waals surface area contributed by atoms with Gasteiger partial charge in [-0.2, -0.15) is 5.26 Å². The van der Waals surface area contributed by atoms with E-state index in [0.717, 1.165) is 23.9 Å². The van der Waals surface area contributed by atoms with Crippen LogP contribution in [-0.2, 0) is 11.2 Å². The summed E-state index contributed by atoms with van der Waals surface area (Å²) in [5.41, 5.74) is 1.97. The zero-order valence-corrected chi connectivity index (χ0v) is 13.9. The van der Waals surface area contributed by atoms with Crippen LogP contribution in [0.25, 0.3) is 0 Å². The van der Waals surface area contributed by atoms with Crippen molar-refractivity contribution in [2.24, 2.45) is 5.92 Å². The molecule has 0 radical (unpaired) electrons. The van der Waals surface area contributed by atoms with Crippen LogP contribution in [0.15, 0.2) is 47.5 Å². The summed E-state index contributed by atoms with van der Waals surface area (Å²) in [5.74, 6) is -0.501. The van der Waals surface area contributed by atoms with Gasteiger partial charge in [-0.05, 0) is 30.0 Å². The van der Waals surface area contributed by atoms with Gasteiger partial charge in [0, 0.05) is 5.69 Å². The van der Waals surface area contributed by atoms with Gasteiger partial charge in [-0.25, -0.2) is 4.98 Å². The summed E-state index contributed by atoms with van der Waals surface area (Å²) in [5, 5.41) is 18.5. The normalized spacial score (nSPS) is 11.9. The summed E-state index contributed by atoms with van der Waals surface area (Å²) < 4.78 is 0. The molecule has 0 aliphatic rings. The Labute approximate surface area is 140 Å². The Balaban J connectivity index is 2.35. The molecule has 0 fully saturated rings. The Bertz CT molecular complexity index is 724. The van der Waals surface area contributed by atoms with E-state index in [0.29, 0.717) is 22.1 Å². The van der Waals surface area contributed by atoms with Crippen LogP contribution >= 0.6 is 11.8 Å². The molecule has 4 nitrogen and oxygen atoms in total. The van der Waals surface area contributed by atoms with E-state index in [-0.39, 0.29) is 0 Å². The molecule has 1 aromatic heterocycles. The Morgan fingerprint density at radius 2 is 1.96 bits per heavy atom. The number of carbonyl (C=O) groups is 1. The summed E-state index contributed by atoms with van der Waals surface area (Å²) in [7, 11) is 0. The van der Waals surface area contributed by atoms with E-state index in [1.807, 2.05) is 12.1 Å². The van der Waals surface area contributed by atoms with Crippen molar-refractivity contribution in [3.8, 4) is 6.07 Å². The number of carboxylic acids is 1. The van der Waals surface area contributed by atoms with Crippen LogP contribution < -0.4 is 0 Å². The first-order chi connectivity index (χ1) is 11.0. The minimum Gasteiger partial charge on any atom is -0.480 e. The van der Waals surface area contributed by atoms with E-state index >= 15 is 0 Å². The lowest BCUT2D eigenvalue weighted by atomic mass is 10.1. The Kier molecular flexibility index (Phi) is 5.78. The van der Waals surface area contributed by atoms with Crippen molar-refractivity contribution < 1.29 is 9.90 Å². The van der Waals surface area contributed by atoms with E-state index < -0.39 is 11.2 Å². The van der Waals surface area contributed by atoms with Gasteiger partial charge in [0.25, 0.3) is 0 Å². The van der Waals surface area contributed by atoms with Gasteiger partial charge >= 0.3 is 5.97 Å². The maximum Gasteiger partial charge on any atom is 0.321 e. The highest BCUT2D eigenvalue weighted by molar-refractivity contribution is 8.00. The number of rotatable bonds is 6. The minimum absolute atomic E-state index is 0.407. The molecule has 118 valence electrons. The molecule has 23 heavy (non-hydrogen) atoms. The van der Waals surface area contributed by atoms with Gasteiger partial charge in [0.1, 0.15) is 16.3 Å². The number of pyridine rings is 1. The number of nitrogens with zero attached hydrogens (tertiary/aromatic N) is 2. The first-order valence-electron chi connectivity index (χ1n) is 7.35. The Morgan fingerprint density at radius 3 is 2.52 bits per heavy atom. The van der Waals surface area contributed by atoms with Gasteiger partial charge in [0.15, 0.2) is 0 Å². The zero-order chi connectivity index (χ0) is 16.8. The molecule has 2 rings (SSSR count). The van der Waals surface area contributed by atoms with Gasteiger partial charge in [-0.3, -0.25) is 4.79 Å². The lowest BCUT2D eigenvalue weighted by Gasteiger charge is -2.14. The molecule has 1 heterocycles. The lowest BCUT2D eigenvalue weighted by Crippen LogP contribution is -2.09. The standard InChI is InChI=1S/C18H18N2O2S/c1-12(2)10-15-9-8-14(11-19)17(20-15)23-16(18(21)22)13-6-4-3-5-7-13/h3-9,12,16H,10H2,1-2H3,(H,21,22). The predicted octanol–water partition coefficient (Wildman–Crippen LogP) is 4.07. The molecule has 1 atom stereocenters. The van der Waals surface area contributed by atoms with Crippen LogP contribution in [0, 0.1) is 17.2 Å². The minimum atomic E-state index is -0.943. The van der Waals surface area contributed by atoms with Crippen molar-refractivity contribution in [3.63, 3.8) is 0 Å². The van der Waals surface area contributed by atoms with Crippen molar-refractivity contribution >= 4 is 17.7 Å². The molecule has 1 aromatic carbocycles. The van der Waals surface area contributed by atoms with Gasteiger partial charge in [0.2, 0.25) is 0 Å². The fraction of sp³-hybridized carbons (Fsp3) is 0.278. The van der Waals surface area contributed by atoms with E-state index in [9.17, 15) is 15.2 Å². The second-order valence-electron chi connectivity index (χ2n) is 5.61.